The van der Waals surface area contributed by atoms with E-state index in [1.165, 1.54) is 4.90 Å². The third-order valence-electron chi connectivity index (χ3n) is 6.97. The molecule has 13 heteroatoms. The number of aliphatic hydroxyl groups is 1. The molecule has 194 valence electrons. The number of morpholine rings is 1. The Bertz CT molecular complexity index is 1150. The van der Waals surface area contributed by atoms with Crippen molar-refractivity contribution in [2.75, 3.05) is 43.1 Å². The van der Waals surface area contributed by atoms with Crippen LogP contribution in [-0.4, -0.2) is 81.7 Å². The monoisotopic (exact) mass is 508 g/mol. The number of carbonyl (C=O) groups is 2. The van der Waals surface area contributed by atoms with Gasteiger partial charge in [0.1, 0.15) is 6.23 Å². The van der Waals surface area contributed by atoms with Crippen molar-refractivity contribution in [2.24, 2.45) is 5.92 Å². The van der Waals surface area contributed by atoms with Gasteiger partial charge in [-0.05, 0) is 6.92 Å². The summed E-state index contributed by atoms with van der Waals surface area (Å²) in [6.07, 6.45) is 1.00. The summed E-state index contributed by atoms with van der Waals surface area (Å²) in [5, 5.41) is 17.6. The Kier molecular flexibility index (Phi) is 6.51. The largest absolute Gasteiger partial charge is 0.378 e. The first-order valence-electron chi connectivity index (χ1n) is 11.8. The van der Waals surface area contributed by atoms with Crippen LogP contribution in [0.1, 0.15) is 19.0 Å². The van der Waals surface area contributed by atoms with Gasteiger partial charge in [-0.2, -0.15) is 5.10 Å². The third kappa shape index (κ3) is 4.48. The van der Waals surface area contributed by atoms with Gasteiger partial charge in [0.15, 0.2) is 17.5 Å². The van der Waals surface area contributed by atoms with E-state index in [4.69, 9.17) is 4.74 Å². The highest BCUT2D eigenvalue weighted by Crippen LogP contribution is 2.34. The number of hydrogen-bond acceptors (Lipinski definition) is 6. The molecule has 2 N–H and O–H groups in total. The van der Waals surface area contributed by atoms with Gasteiger partial charge < -0.3 is 29.9 Å². The Morgan fingerprint density at radius 1 is 1.14 bits per heavy atom. The van der Waals surface area contributed by atoms with Crippen LogP contribution in [0.2, 0.25) is 0 Å². The van der Waals surface area contributed by atoms with Crippen LogP contribution in [0.4, 0.5) is 29.3 Å². The molecular formula is C23H27F3N6O4. The molecule has 0 radical (unpaired) electrons. The number of anilines is 2. The summed E-state index contributed by atoms with van der Waals surface area (Å²) in [5.74, 6) is -4.81. The minimum absolute atomic E-state index is 0.0192. The molecule has 1 aromatic carbocycles. The summed E-state index contributed by atoms with van der Waals surface area (Å²) >= 11 is 0. The van der Waals surface area contributed by atoms with E-state index in [-0.39, 0.29) is 36.5 Å². The van der Waals surface area contributed by atoms with Crippen molar-refractivity contribution in [3.8, 4) is 0 Å². The molecule has 2 saturated heterocycles. The molecule has 0 bridgehead atoms. The van der Waals surface area contributed by atoms with Crippen LogP contribution in [0.5, 0.6) is 0 Å². The highest BCUT2D eigenvalue weighted by atomic mass is 19.2. The lowest BCUT2D eigenvalue weighted by Gasteiger charge is -2.35. The smallest absolute Gasteiger partial charge is 0.322 e. The van der Waals surface area contributed by atoms with Crippen LogP contribution in [-0.2, 0) is 22.6 Å². The standard InChI is InChI=1S/C23H27F3N6O4/c1-13-10-32-19(12-30(13)23(35)28-15-7-16(24)21(26)17(25)8-15)18(9-27-32)31-11-14(6-20(31)33)22(34)29-2-4-36-5-3-29/h7-9,13-14,20,33H,2-6,10-12H2,1H3,(H,28,35)/t13-,14?,20?/m0/s1. The van der Waals surface area contributed by atoms with Crippen molar-refractivity contribution in [3.63, 3.8) is 0 Å². The molecule has 4 heterocycles. The number of benzene rings is 1. The molecule has 1 aromatic heterocycles. The van der Waals surface area contributed by atoms with E-state index < -0.39 is 29.7 Å². The van der Waals surface area contributed by atoms with Crippen LogP contribution >= 0.6 is 0 Å². The Hall–Kier alpha value is -3.32. The number of ether oxygens (including phenoxy) is 1. The first-order valence-corrected chi connectivity index (χ1v) is 11.8. The lowest BCUT2D eigenvalue weighted by atomic mass is 10.1. The van der Waals surface area contributed by atoms with Gasteiger partial charge in [-0.1, -0.05) is 0 Å². The van der Waals surface area contributed by atoms with Crippen molar-refractivity contribution >= 4 is 23.3 Å². The topological polar surface area (TPSA) is 103 Å². The van der Waals surface area contributed by atoms with Crippen LogP contribution < -0.4 is 10.2 Å². The highest BCUT2D eigenvalue weighted by Gasteiger charge is 2.40. The normalized spacial score (nSPS) is 24.1. The van der Waals surface area contributed by atoms with Crippen molar-refractivity contribution in [1.82, 2.24) is 19.6 Å². The van der Waals surface area contributed by atoms with Gasteiger partial charge in [0.05, 0.1) is 55.8 Å². The predicted molar refractivity (Wildman–Crippen MR) is 121 cm³/mol. The molecule has 0 saturated carbocycles. The zero-order valence-electron chi connectivity index (χ0n) is 19.7. The average Bonchev–Trinajstić information content (AvgIpc) is 3.44. The quantitative estimate of drug-likeness (QED) is 0.613. The van der Waals surface area contributed by atoms with Gasteiger partial charge in [0.2, 0.25) is 5.91 Å². The maximum Gasteiger partial charge on any atom is 0.322 e. The summed E-state index contributed by atoms with van der Waals surface area (Å²) in [6, 6.07) is 0.507. The molecule has 3 amide bonds. The van der Waals surface area contributed by atoms with Crippen molar-refractivity contribution < 1.29 is 32.6 Å². The first kappa shape index (κ1) is 24.4. The number of aliphatic hydroxyl groups excluding tert-OH is 1. The van der Waals surface area contributed by atoms with Crippen LogP contribution in [0.25, 0.3) is 0 Å². The fourth-order valence-electron chi connectivity index (χ4n) is 5.02. The highest BCUT2D eigenvalue weighted by molar-refractivity contribution is 5.89. The number of nitrogens with one attached hydrogen (secondary N) is 1. The maximum atomic E-state index is 13.6. The maximum absolute atomic E-state index is 13.6. The van der Waals surface area contributed by atoms with E-state index in [9.17, 15) is 27.9 Å². The third-order valence-corrected chi connectivity index (χ3v) is 6.97. The second-order valence-corrected chi connectivity index (χ2v) is 9.32. The minimum atomic E-state index is -1.61. The summed E-state index contributed by atoms with van der Waals surface area (Å²) in [5.41, 5.74) is 1.07. The number of hydrogen-bond donors (Lipinski definition) is 2. The van der Waals surface area contributed by atoms with Gasteiger partial charge in [0, 0.05) is 43.9 Å². The molecule has 2 unspecified atom stereocenters. The van der Waals surface area contributed by atoms with Gasteiger partial charge >= 0.3 is 6.03 Å². The van der Waals surface area contributed by atoms with Crippen LogP contribution in [0.3, 0.4) is 0 Å². The Morgan fingerprint density at radius 3 is 2.53 bits per heavy atom. The summed E-state index contributed by atoms with van der Waals surface area (Å²) in [6.45, 7) is 4.62. The number of nitrogens with zero attached hydrogens (tertiary/aromatic N) is 5. The Balaban J connectivity index is 1.31. The molecule has 3 aliphatic rings. The summed E-state index contributed by atoms with van der Waals surface area (Å²) in [4.78, 5) is 30.9. The number of halogens is 3. The molecule has 36 heavy (non-hydrogen) atoms. The molecule has 0 aliphatic carbocycles. The summed E-state index contributed by atoms with van der Waals surface area (Å²) < 4.78 is 47.5. The number of urea groups is 1. The molecule has 5 rings (SSSR count). The van der Waals surface area contributed by atoms with E-state index in [1.807, 2.05) is 0 Å². The number of carbonyl (C=O) groups excluding carboxylic acids is 2. The van der Waals surface area contributed by atoms with Crippen molar-refractivity contribution in [2.45, 2.75) is 38.7 Å². The first-order chi connectivity index (χ1) is 17.2. The predicted octanol–water partition coefficient (Wildman–Crippen LogP) is 1.74. The van der Waals surface area contributed by atoms with Crippen molar-refractivity contribution in [3.05, 3.63) is 41.5 Å². The van der Waals surface area contributed by atoms with Gasteiger partial charge in [-0.15, -0.1) is 0 Å². The van der Waals surface area contributed by atoms with E-state index in [0.717, 1.165) is 0 Å². The zero-order valence-corrected chi connectivity index (χ0v) is 19.7. The fourth-order valence-corrected chi connectivity index (χ4v) is 5.02. The van der Waals surface area contributed by atoms with E-state index in [0.29, 0.717) is 62.9 Å². The van der Waals surface area contributed by atoms with Crippen molar-refractivity contribution in [1.29, 1.82) is 0 Å². The summed E-state index contributed by atoms with van der Waals surface area (Å²) in [7, 11) is 0. The average molecular weight is 509 g/mol. The lowest BCUT2D eigenvalue weighted by molar-refractivity contribution is -0.139. The Labute approximate surface area is 205 Å². The van der Waals surface area contributed by atoms with Crippen LogP contribution in [0.15, 0.2) is 18.3 Å². The van der Waals surface area contributed by atoms with Gasteiger partial charge in [-0.25, -0.2) is 18.0 Å². The molecule has 2 fully saturated rings. The number of rotatable bonds is 3. The second-order valence-electron chi connectivity index (χ2n) is 9.32. The van der Waals surface area contributed by atoms with E-state index >= 15 is 0 Å². The molecule has 3 aliphatic heterocycles. The van der Waals surface area contributed by atoms with Crippen LogP contribution in [0, 0.1) is 23.4 Å². The molecule has 2 aromatic rings. The van der Waals surface area contributed by atoms with E-state index in [2.05, 4.69) is 10.4 Å². The lowest BCUT2D eigenvalue weighted by Crippen LogP contribution is -2.47. The molecular weight excluding hydrogens is 481 g/mol. The zero-order chi connectivity index (χ0) is 25.6. The molecule has 0 spiro atoms. The van der Waals surface area contributed by atoms with Gasteiger partial charge in [0.25, 0.3) is 0 Å². The molecule has 10 nitrogen and oxygen atoms in total. The Morgan fingerprint density at radius 2 is 1.83 bits per heavy atom. The SMILES string of the molecule is C[C@H]1Cn2ncc(N3CC(C(=O)N4CCOCC4)CC3O)c2CN1C(=O)Nc1cc(F)c(F)c(F)c1. The fraction of sp³-hybridized carbons (Fsp3) is 0.522. The number of amides is 3. The number of aromatic nitrogens is 2. The molecule has 3 atom stereocenters. The van der Waals surface area contributed by atoms with Gasteiger partial charge in [-0.3, -0.25) is 9.48 Å². The second kappa shape index (κ2) is 9.62. The number of fused-ring (bicyclic) bond motifs is 1. The van der Waals surface area contributed by atoms with E-state index in [1.54, 1.807) is 27.6 Å². The minimum Gasteiger partial charge on any atom is -0.378 e.